The van der Waals surface area contributed by atoms with Crippen molar-refractivity contribution in [2.45, 2.75) is 68.2 Å². The van der Waals surface area contributed by atoms with Crippen LogP contribution in [0.5, 0.6) is 28.7 Å². The number of cyclic esters (lactones) is 1. The largest absolute Gasteiger partial charge is 0.502 e. The van der Waals surface area contributed by atoms with Crippen molar-refractivity contribution in [1.29, 1.82) is 0 Å². The van der Waals surface area contributed by atoms with Crippen LogP contribution < -0.4 is 30.0 Å². The third kappa shape index (κ3) is 9.22. The van der Waals surface area contributed by atoms with E-state index in [1.807, 2.05) is 91.0 Å². The molecule has 2 saturated heterocycles. The summed E-state index contributed by atoms with van der Waals surface area (Å²) < 4.78 is 88.5. The fourth-order valence-electron chi connectivity index (χ4n) is 9.55. The zero-order chi connectivity index (χ0) is 45.1. The molecule has 9 rings (SSSR count). The Labute approximate surface area is 375 Å². The summed E-state index contributed by atoms with van der Waals surface area (Å²) in [6.45, 7) is -0.615. The molecule has 0 unspecified atom stereocenters. The van der Waals surface area contributed by atoms with Gasteiger partial charge in [-0.15, -0.1) is 0 Å². The minimum Gasteiger partial charge on any atom is -0.502 e. The van der Waals surface area contributed by atoms with Gasteiger partial charge in [0.25, 0.3) is 5.92 Å². The Kier molecular flexibility index (Phi) is 13.2. The molecule has 342 valence electrons. The molecule has 15 heteroatoms. The summed E-state index contributed by atoms with van der Waals surface area (Å²) in [5.74, 6) is -5.28. The zero-order valence-electron chi connectivity index (χ0n) is 36.0. The number of halogens is 2. The van der Waals surface area contributed by atoms with E-state index in [1.165, 1.54) is 14.2 Å². The smallest absolute Gasteiger partial charge is 0.310 e. The average molecular weight is 895 g/mol. The van der Waals surface area contributed by atoms with Crippen molar-refractivity contribution in [3.05, 3.63) is 149 Å². The molecular formula is C50H52F2N2O11. The van der Waals surface area contributed by atoms with Crippen molar-refractivity contribution in [2.75, 3.05) is 40.8 Å². The molecule has 13 nitrogen and oxygen atoms in total. The highest BCUT2D eigenvalue weighted by atomic mass is 19.3. The summed E-state index contributed by atoms with van der Waals surface area (Å²) in [7, 11) is 2.82. The highest BCUT2D eigenvalue weighted by molar-refractivity contribution is 5.79. The van der Waals surface area contributed by atoms with Crippen LogP contribution in [-0.4, -0.2) is 88.2 Å². The molecule has 3 aliphatic heterocycles. The maximum absolute atomic E-state index is 17.4. The Hall–Kier alpha value is -5.81. The van der Waals surface area contributed by atoms with E-state index in [0.717, 1.165) is 16.7 Å². The lowest BCUT2D eigenvalue weighted by atomic mass is 9.65. The van der Waals surface area contributed by atoms with Gasteiger partial charge in [0.2, 0.25) is 12.5 Å². The van der Waals surface area contributed by atoms with Crippen molar-refractivity contribution < 1.29 is 61.3 Å². The summed E-state index contributed by atoms with van der Waals surface area (Å²) in [4.78, 5) is 13.8. The molecule has 2 fully saturated rings. The van der Waals surface area contributed by atoms with Crippen molar-refractivity contribution in [3.8, 4) is 28.7 Å². The average Bonchev–Trinajstić information content (AvgIpc) is 3.96. The maximum Gasteiger partial charge on any atom is 0.310 e. The number of carbonyl (C=O) groups excluding carboxylic acids is 1. The van der Waals surface area contributed by atoms with Crippen LogP contribution in [0, 0.1) is 11.8 Å². The minimum atomic E-state index is -3.61. The van der Waals surface area contributed by atoms with Gasteiger partial charge in [0.05, 0.1) is 65.8 Å². The molecular weight excluding hydrogens is 843 g/mol. The van der Waals surface area contributed by atoms with Crippen LogP contribution in [0.3, 0.4) is 0 Å². The molecule has 1 aliphatic carbocycles. The second-order valence-electron chi connectivity index (χ2n) is 16.7. The van der Waals surface area contributed by atoms with Gasteiger partial charge in [0.15, 0.2) is 23.0 Å². The molecule has 5 aromatic rings. The molecule has 65 heavy (non-hydrogen) atoms. The number of carbonyl (C=O) groups is 1. The highest BCUT2D eigenvalue weighted by Gasteiger charge is 2.57. The van der Waals surface area contributed by atoms with Crippen LogP contribution in [0.25, 0.3) is 0 Å². The van der Waals surface area contributed by atoms with Crippen LogP contribution in [-0.2, 0) is 48.3 Å². The lowest BCUT2D eigenvalue weighted by Crippen LogP contribution is -2.68. The number of hydrogen-bond acceptors (Lipinski definition) is 13. The van der Waals surface area contributed by atoms with Gasteiger partial charge >= 0.3 is 5.97 Å². The molecule has 0 bridgehead atoms. The van der Waals surface area contributed by atoms with E-state index in [1.54, 1.807) is 24.3 Å². The first-order valence-electron chi connectivity index (χ1n) is 21.6. The topological polar surface area (TPSA) is 158 Å². The molecule has 0 aromatic heterocycles. The number of alkyl halides is 2. The first-order chi connectivity index (χ1) is 31.6. The minimum absolute atomic E-state index is 0.0362. The van der Waals surface area contributed by atoms with Gasteiger partial charge in [-0.25, -0.2) is 8.78 Å². The molecule has 5 aromatic carbocycles. The third-order valence-corrected chi connectivity index (χ3v) is 12.7. The van der Waals surface area contributed by atoms with Crippen LogP contribution >= 0.6 is 0 Å². The number of nitrogens with one attached hydrogen (secondary N) is 1. The first-order valence-corrected chi connectivity index (χ1v) is 21.6. The Morgan fingerprint density at radius 1 is 0.754 bits per heavy atom. The van der Waals surface area contributed by atoms with E-state index in [9.17, 15) is 9.90 Å². The molecule has 4 N–H and O–H groups in total. The number of aromatic hydroxyl groups is 1. The van der Waals surface area contributed by atoms with E-state index in [0.29, 0.717) is 28.2 Å². The van der Waals surface area contributed by atoms with E-state index < -0.39 is 72.7 Å². The zero-order valence-corrected chi connectivity index (χ0v) is 36.0. The second kappa shape index (κ2) is 19.3. The maximum atomic E-state index is 17.4. The Morgan fingerprint density at radius 2 is 1.31 bits per heavy atom. The molecule has 4 aliphatic rings. The predicted octanol–water partition coefficient (Wildman–Crippen LogP) is 6.82. The first kappa shape index (κ1) is 44.4. The van der Waals surface area contributed by atoms with Gasteiger partial charge in [0, 0.05) is 17.9 Å². The fourth-order valence-corrected chi connectivity index (χ4v) is 9.55. The number of benzene rings is 5. The number of methoxy groups -OCH3 is 2. The van der Waals surface area contributed by atoms with Gasteiger partial charge in [-0.05, 0) is 57.6 Å². The second-order valence-corrected chi connectivity index (χ2v) is 16.7. The third-order valence-electron chi connectivity index (χ3n) is 12.7. The summed E-state index contributed by atoms with van der Waals surface area (Å²) in [6, 6.07) is 33.1. The number of fused-ring (bicyclic) bond motifs is 3. The lowest BCUT2D eigenvalue weighted by Gasteiger charge is -2.47. The Bertz CT molecular complexity index is 2390. The number of hydrogen-bond donors (Lipinski definition) is 3. The van der Waals surface area contributed by atoms with Crippen molar-refractivity contribution in [1.82, 2.24) is 5.32 Å². The van der Waals surface area contributed by atoms with Crippen LogP contribution in [0.1, 0.15) is 45.3 Å². The SMILES string of the molecule is COc1cc([C@@H]2c3cc4c(cc3[C@@H](NCC(F)(F)[C@@H]3O[C@H](COCc5ccccc5)[C@@H](OCc5ccccc5)[C@H](OCc5ccccc5)[C@H]3N)[C@H]3COC(=O)[C@H]23)OCO4)cc(OC)c1O. The van der Waals surface area contributed by atoms with E-state index >= 15 is 8.78 Å². The number of nitrogens with two attached hydrogens (primary N) is 1. The van der Waals surface area contributed by atoms with Crippen molar-refractivity contribution in [2.24, 2.45) is 17.6 Å². The number of ether oxygens (including phenoxy) is 9. The van der Waals surface area contributed by atoms with Gasteiger partial charge in [-0.1, -0.05) is 91.0 Å². The molecule has 0 amide bonds. The molecule has 9 atom stereocenters. The highest BCUT2D eigenvalue weighted by Crippen LogP contribution is 2.56. The van der Waals surface area contributed by atoms with Crippen LogP contribution in [0.2, 0.25) is 0 Å². The van der Waals surface area contributed by atoms with Gasteiger partial charge in [-0.3, -0.25) is 4.79 Å². The number of rotatable bonds is 17. The molecule has 0 spiro atoms. The summed E-state index contributed by atoms with van der Waals surface area (Å²) in [5.41, 5.74) is 11.3. The monoisotopic (exact) mass is 894 g/mol. The standard InChI is InChI=1S/C50H52F2N2O11/c1-57-38-18-32(19-39(58-2)45(38)55)41-33-20-36-37(64-28-63-36)21-34(33)44(35-25-62-49(56)42(35)41)54-27-50(51,52)48-43(53)47(61-24-31-16-10-5-11-17-31)46(60-23-30-14-8-4-9-15-30)40(65-48)26-59-22-29-12-6-3-7-13-29/h3-21,35,40-44,46-48,54-55H,22-28,53H2,1-2H3/t35-,40+,41+,42-,43+,44+,46+,47+,48+/m0/s1. The van der Waals surface area contributed by atoms with Crippen molar-refractivity contribution >= 4 is 5.97 Å². The number of esters is 1. The van der Waals surface area contributed by atoms with E-state index in [2.05, 4.69) is 5.32 Å². The van der Waals surface area contributed by atoms with Gasteiger partial charge < -0.3 is 58.8 Å². The van der Waals surface area contributed by atoms with Gasteiger partial charge in [-0.2, -0.15) is 0 Å². The lowest BCUT2D eigenvalue weighted by molar-refractivity contribution is -0.268. The van der Waals surface area contributed by atoms with E-state index in [4.69, 9.17) is 48.4 Å². The van der Waals surface area contributed by atoms with Crippen LogP contribution in [0.15, 0.2) is 115 Å². The van der Waals surface area contributed by atoms with E-state index in [-0.39, 0.29) is 57.1 Å². The Balaban J connectivity index is 1.03. The van der Waals surface area contributed by atoms with Crippen LogP contribution in [0.4, 0.5) is 8.78 Å². The van der Waals surface area contributed by atoms with Crippen molar-refractivity contribution in [3.63, 3.8) is 0 Å². The normalized spacial score (nSPS) is 25.7. The summed E-state index contributed by atoms with van der Waals surface area (Å²) in [5, 5.41) is 13.9. The molecule has 0 saturated carbocycles. The predicted molar refractivity (Wildman–Crippen MR) is 232 cm³/mol. The number of phenolic OH excluding ortho intramolecular Hbond substituents is 1. The Morgan fingerprint density at radius 3 is 1.89 bits per heavy atom. The molecule has 0 radical (unpaired) electrons. The fraction of sp³-hybridized carbons (Fsp3) is 0.380. The quantitative estimate of drug-likeness (QED) is 0.0837. The summed E-state index contributed by atoms with van der Waals surface area (Å²) >= 11 is 0. The van der Waals surface area contributed by atoms with Gasteiger partial charge in [0.1, 0.15) is 24.4 Å². The number of phenols is 1. The molecule has 3 heterocycles. The summed E-state index contributed by atoms with van der Waals surface area (Å²) in [6.07, 6.45) is -4.82.